The lowest BCUT2D eigenvalue weighted by Crippen LogP contribution is -2.04. The minimum Gasteiger partial charge on any atom is -0.305 e. The first-order chi connectivity index (χ1) is 11.3. The molecule has 1 aromatic rings. The molecule has 0 amide bonds. The number of fused-ring (bicyclic) bond motifs is 1. The molecule has 0 bridgehead atoms. The zero-order valence-electron chi connectivity index (χ0n) is 16.9. The maximum Gasteiger partial charge on any atom is 0.0307 e. The lowest BCUT2D eigenvalue weighted by Gasteiger charge is -2.18. The van der Waals surface area contributed by atoms with Gasteiger partial charge in [-0.2, -0.15) is 0 Å². The van der Waals surface area contributed by atoms with Crippen LogP contribution in [-0.2, 0) is 12.8 Å². The van der Waals surface area contributed by atoms with E-state index in [1.54, 1.807) is 17.2 Å². The number of rotatable bonds is 3. The maximum absolute atomic E-state index is 7.05. The molecule has 0 aromatic heterocycles. The van der Waals surface area contributed by atoms with Gasteiger partial charge in [0.15, 0.2) is 0 Å². The first kappa shape index (κ1) is 22.4. The van der Waals surface area contributed by atoms with E-state index in [4.69, 9.17) is 5.41 Å². The Morgan fingerprint density at radius 3 is 1.71 bits per heavy atom. The van der Waals surface area contributed by atoms with Gasteiger partial charge in [0.05, 0.1) is 0 Å². The van der Waals surface area contributed by atoms with Crippen molar-refractivity contribution in [3.05, 3.63) is 58.7 Å². The van der Waals surface area contributed by atoms with Crippen LogP contribution in [0.25, 0.3) is 0 Å². The van der Waals surface area contributed by atoms with E-state index in [2.05, 4.69) is 58.9 Å². The van der Waals surface area contributed by atoms with Crippen LogP contribution in [0.1, 0.15) is 72.4 Å². The smallest absolute Gasteiger partial charge is 0.0307 e. The average molecular weight is 328 g/mol. The van der Waals surface area contributed by atoms with E-state index in [9.17, 15) is 0 Å². The van der Waals surface area contributed by atoms with Crippen molar-refractivity contribution in [3.8, 4) is 0 Å². The van der Waals surface area contributed by atoms with Crippen LogP contribution in [0.3, 0.4) is 0 Å². The molecule has 1 heteroatoms. The molecule has 2 rings (SSSR count). The van der Waals surface area contributed by atoms with Crippen molar-refractivity contribution < 1.29 is 0 Å². The summed E-state index contributed by atoms with van der Waals surface area (Å²) in [6.45, 7) is 15.0. The molecule has 0 saturated carbocycles. The predicted molar refractivity (Wildman–Crippen MR) is 110 cm³/mol. The highest BCUT2D eigenvalue weighted by Crippen LogP contribution is 2.24. The van der Waals surface area contributed by atoms with Gasteiger partial charge in [-0.05, 0) is 63.2 Å². The van der Waals surface area contributed by atoms with E-state index < -0.39 is 0 Å². The zero-order valence-corrected chi connectivity index (χ0v) is 16.9. The topological polar surface area (TPSA) is 23.9 Å². The van der Waals surface area contributed by atoms with Crippen molar-refractivity contribution in [1.29, 1.82) is 5.41 Å². The summed E-state index contributed by atoms with van der Waals surface area (Å²) in [5.74, 6) is 0.884. The Hall–Kier alpha value is -1.63. The van der Waals surface area contributed by atoms with Crippen LogP contribution in [0.2, 0.25) is 0 Å². The molecule has 1 aliphatic rings. The highest BCUT2D eigenvalue weighted by molar-refractivity contribution is 5.91. The van der Waals surface area contributed by atoms with Gasteiger partial charge < -0.3 is 5.41 Å². The molecule has 0 aliphatic heterocycles. The quantitative estimate of drug-likeness (QED) is 0.449. The molecule has 24 heavy (non-hydrogen) atoms. The highest BCUT2D eigenvalue weighted by Gasteiger charge is 2.10. The Labute approximate surface area is 150 Å². The molecule has 0 atom stereocenters. The summed E-state index contributed by atoms with van der Waals surface area (Å²) >= 11 is 0. The summed E-state index contributed by atoms with van der Waals surface area (Å²) in [5.41, 5.74) is 6.83. The Balaban J connectivity index is 0.000000379. The van der Waals surface area contributed by atoms with Crippen LogP contribution < -0.4 is 0 Å². The Morgan fingerprint density at radius 1 is 1.04 bits per heavy atom. The first-order valence-electron chi connectivity index (χ1n) is 9.27. The molecule has 0 spiro atoms. The van der Waals surface area contributed by atoms with Crippen LogP contribution in [0.4, 0.5) is 0 Å². The first-order valence-corrected chi connectivity index (χ1v) is 9.27. The molecule has 0 fully saturated rings. The number of hydrogen-bond acceptors (Lipinski definition) is 1. The van der Waals surface area contributed by atoms with Crippen molar-refractivity contribution in [3.63, 3.8) is 0 Å². The minimum absolute atomic E-state index is 0.697. The van der Waals surface area contributed by atoms with Crippen molar-refractivity contribution in [2.75, 3.05) is 0 Å². The van der Waals surface area contributed by atoms with Gasteiger partial charge in [-0.1, -0.05) is 75.6 Å². The second kappa shape index (κ2) is 12.8. The highest BCUT2D eigenvalue weighted by atomic mass is 14.4. The average Bonchev–Trinajstić information content (AvgIpc) is 2.57. The fraction of sp³-hybridized carbons (Fsp3) is 0.522. The molecule has 1 aromatic carbocycles. The fourth-order valence-corrected chi connectivity index (χ4v) is 2.09. The van der Waals surface area contributed by atoms with Crippen molar-refractivity contribution in [1.82, 2.24) is 0 Å². The summed E-state index contributed by atoms with van der Waals surface area (Å²) in [5, 5.41) is 7.05. The van der Waals surface area contributed by atoms with E-state index in [-0.39, 0.29) is 0 Å². The summed E-state index contributed by atoms with van der Waals surface area (Å²) in [6.07, 6.45) is 8.14. The Kier molecular flexibility index (Phi) is 11.9. The Morgan fingerprint density at radius 2 is 1.46 bits per heavy atom. The lowest BCUT2D eigenvalue weighted by molar-refractivity contribution is 0.626. The van der Waals surface area contributed by atoms with Gasteiger partial charge in [0.25, 0.3) is 0 Å². The fourth-order valence-electron chi connectivity index (χ4n) is 2.09. The molecule has 134 valence electrons. The normalized spacial score (nSPS) is 13.0. The van der Waals surface area contributed by atoms with Gasteiger partial charge in [-0.3, -0.25) is 0 Å². The lowest BCUT2D eigenvalue weighted by atomic mass is 9.88. The molecule has 0 unspecified atom stereocenters. The van der Waals surface area contributed by atoms with E-state index in [1.807, 2.05) is 19.9 Å². The third-order valence-corrected chi connectivity index (χ3v) is 4.32. The molecule has 1 nitrogen and oxygen atoms in total. The van der Waals surface area contributed by atoms with Crippen LogP contribution in [0.15, 0.2) is 47.6 Å². The Bertz CT molecular complexity index is 514. The molecule has 0 radical (unpaired) electrons. The summed E-state index contributed by atoms with van der Waals surface area (Å²) < 4.78 is 0. The van der Waals surface area contributed by atoms with E-state index >= 15 is 0 Å². The van der Waals surface area contributed by atoms with Gasteiger partial charge in [0.1, 0.15) is 0 Å². The molecular formula is C23H37N. The molecule has 1 N–H and O–H groups in total. The van der Waals surface area contributed by atoms with Crippen molar-refractivity contribution in [2.45, 2.75) is 74.1 Å². The summed E-state index contributed by atoms with van der Waals surface area (Å²) in [4.78, 5) is 0. The SMILES string of the molecule is C/C=C/C(=N)CC.CC1=C(C)Cc2ccccc2C1.CCC(C)C. The van der Waals surface area contributed by atoms with Crippen LogP contribution in [0.5, 0.6) is 0 Å². The van der Waals surface area contributed by atoms with Crippen LogP contribution in [0, 0.1) is 11.3 Å². The van der Waals surface area contributed by atoms with Crippen LogP contribution in [-0.4, -0.2) is 5.71 Å². The number of hydrogen-bond donors (Lipinski definition) is 1. The number of allylic oxidation sites excluding steroid dienone is 4. The van der Waals surface area contributed by atoms with E-state index in [1.165, 1.54) is 17.5 Å². The minimum atomic E-state index is 0.697. The maximum atomic E-state index is 7.05. The van der Waals surface area contributed by atoms with Gasteiger partial charge in [0.2, 0.25) is 0 Å². The molecule has 1 aliphatic carbocycles. The largest absolute Gasteiger partial charge is 0.305 e. The van der Waals surface area contributed by atoms with Gasteiger partial charge in [-0.25, -0.2) is 0 Å². The van der Waals surface area contributed by atoms with Gasteiger partial charge in [-0.15, -0.1) is 0 Å². The zero-order chi connectivity index (χ0) is 18.5. The summed E-state index contributed by atoms with van der Waals surface area (Å²) in [7, 11) is 0. The standard InChI is InChI=1S/C12H14.C6H11N.C5H12/c1-9-7-11-5-3-4-6-12(11)8-10(9)2;1-3-5-6(7)4-2;1-4-5(2)3/h3-6H,7-8H2,1-2H3;3,5,7H,4H2,1-2H3;5H,4H2,1-3H3/b;5-3+,7-6?;. The van der Waals surface area contributed by atoms with Crippen molar-refractivity contribution in [2.24, 2.45) is 5.92 Å². The third kappa shape index (κ3) is 9.50. The second-order valence-electron chi connectivity index (χ2n) is 6.86. The van der Waals surface area contributed by atoms with Crippen molar-refractivity contribution >= 4 is 5.71 Å². The summed E-state index contributed by atoms with van der Waals surface area (Å²) in [6, 6.07) is 8.75. The number of nitrogens with one attached hydrogen (secondary N) is 1. The second-order valence-corrected chi connectivity index (χ2v) is 6.86. The third-order valence-electron chi connectivity index (χ3n) is 4.32. The predicted octanol–water partition coefficient (Wildman–Crippen LogP) is 7.17. The molecule has 0 heterocycles. The van der Waals surface area contributed by atoms with E-state index in [0.29, 0.717) is 5.71 Å². The molecular weight excluding hydrogens is 290 g/mol. The van der Waals surface area contributed by atoms with Gasteiger partial charge in [0, 0.05) is 5.71 Å². The van der Waals surface area contributed by atoms with E-state index in [0.717, 1.165) is 25.2 Å². The number of benzene rings is 1. The van der Waals surface area contributed by atoms with Crippen LogP contribution >= 0.6 is 0 Å². The monoisotopic (exact) mass is 327 g/mol. The molecule has 0 saturated heterocycles. The van der Waals surface area contributed by atoms with Gasteiger partial charge >= 0.3 is 0 Å².